The molecule has 0 aliphatic heterocycles. The van der Waals surface area contributed by atoms with Crippen LogP contribution in [0.5, 0.6) is 0 Å². The molecule has 0 saturated heterocycles. The molecule has 0 unspecified atom stereocenters. The van der Waals surface area contributed by atoms with Crippen molar-refractivity contribution in [3.8, 4) is 0 Å². The molecule has 2 N–H and O–H groups in total. The van der Waals surface area contributed by atoms with Crippen molar-refractivity contribution in [2.75, 3.05) is 0 Å². The molecule has 1 saturated carbocycles. The van der Waals surface area contributed by atoms with Gasteiger partial charge < -0.3 is 5.73 Å². The number of rotatable bonds is 2. The maximum atomic E-state index is 12.8. The van der Waals surface area contributed by atoms with Gasteiger partial charge >= 0.3 is 0 Å². The number of aliphatic imine (C=N–C) groups is 1. The van der Waals surface area contributed by atoms with Crippen LogP contribution in [0.4, 0.5) is 14.5 Å². The third-order valence-electron chi connectivity index (χ3n) is 2.16. The van der Waals surface area contributed by atoms with Gasteiger partial charge in [-0.2, -0.15) is 0 Å². The van der Waals surface area contributed by atoms with Gasteiger partial charge in [0.1, 0.15) is 5.84 Å². The lowest BCUT2D eigenvalue weighted by Gasteiger charge is -1.98. The van der Waals surface area contributed by atoms with E-state index in [0.29, 0.717) is 17.4 Å². The van der Waals surface area contributed by atoms with Crippen molar-refractivity contribution in [2.24, 2.45) is 16.6 Å². The summed E-state index contributed by atoms with van der Waals surface area (Å²) in [7, 11) is 0. The van der Waals surface area contributed by atoms with Crippen molar-refractivity contribution in [1.29, 1.82) is 0 Å². The van der Waals surface area contributed by atoms with Gasteiger partial charge in [-0.15, -0.1) is 0 Å². The Bertz CT molecular complexity index is 384. The molecule has 0 radical (unpaired) electrons. The van der Waals surface area contributed by atoms with Crippen LogP contribution in [0.2, 0.25) is 0 Å². The van der Waals surface area contributed by atoms with E-state index in [1.165, 1.54) is 6.07 Å². The first-order chi connectivity index (χ1) is 6.66. The van der Waals surface area contributed by atoms with E-state index in [-0.39, 0.29) is 0 Å². The second-order valence-corrected chi connectivity index (χ2v) is 3.41. The Morgan fingerprint density at radius 2 is 2.00 bits per heavy atom. The highest BCUT2D eigenvalue weighted by atomic mass is 19.2. The van der Waals surface area contributed by atoms with Crippen LogP contribution in [0.3, 0.4) is 0 Å². The lowest BCUT2D eigenvalue weighted by molar-refractivity contribution is 0.509. The molecule has 74 valence electrons. The van der Waals surface area contributed by atoms with E-state index in [2.05, 4.69) is 4.99 Å². The number of nitrogens with zero attached hydrogens (tertiary/aromatic N) is 1. The summed E-state index contributed by atoms with van der Waals surface area (Å²) in [6, 6.07) is 3.51. The minimum atomic E-state index is -0.894. The number of hydrogen-bond acceptors (Lipinski definition) is 1. The van der Waals surface area contributed by atoms with Crippen molar-refractivity contribution in [3.63, 3.8) is 0 Å². The molecule has 0 amide bonds. The van der Waals surface area contributed by atoms with Crippen molar-refractivity contribution in [1.82, 2.24) is 0 Å². The minimum absolute atomic E-state index is 0.336. The monoisotopic (exact) mass is 196 g/mol. The fraction of sp³-hybridized carbons (Fsp3) is 0.300. The van der Waals surface area contributed by atoms with Crippen LogP contribution >= 0.6 is 0 Å². The molecule has 4 heteroatoms. The molecule has 0 bridgehead atoms. The van der Waals surface area contributed by atoms with E-state index in [1.807, 2.05) is 0 Å². The van der Waals surface area contributed by atoms with E-state index in [1.54, 1.807) is 0 Å². The van der Waals surface area contributed by atoms with Crippen LogP contribution < -0.4 is 5.73 Å². The van der Waals surface area contributed by atoms with Crippen molar-refractivity contribution in [2.45, 2.75) is 12.8 Å². The van der Waals surface area contributed by atoms with Crippen LogP contribution in [0, 0.1) is 17.6 Å². The first-order valence-corrected chi connectivity index (χ1v) is 4.46. The van der Waals surface area contributed by atoms with Gasteiger partial charge in [-0.3, -0.25) is 0 Å². The lowest BCUT2D eigenvalue weighted by Crippen LogP contribution is -2.13. The zero-order valence-electron chi connectivity index (χ0n) is 7.50. The van der Waals surface area contributed by atoms with E-state index in [9.17, 15) is 8.78 Å². The van der Waals surface area contributed by atoms with Crippen molar-refractivity contribution < 1.29 is 8.78 Å². The largest absolute Gasteiger partial charge is 0.387 e. The maximum absolute atomic E-state index is 12.8. The molecule has 1 aliphatic carbocycles. The molecule has 2 rings (SSSR count). The zero-order valence-corrected chi connectivity index (χ0v) is 7.50. The third-order valence-corrected chi connectivity index (χ3v) is 2.16. The van der Waals surface area contributed by atoms with Gasteiger partial charge in [0, 0.05) is 12.0 Å². The molecule has 1 fully saturated rings. The van der Waals surface area contributed by atoms with Crippen LogP contribution in [0.25, 0.3) is 0 Å². The van der Waals surface area contributed by atoms with Gasteiger partial charge in [0.05, 0.1) is 5.69 Å². The fourth-order valence-corrected chi connectivity index (χ4v) is 1.17. The number of nitrogens with two attached hydrogens (primary N) is 1. The Kier molecular flexibility index (Phi) is 2.19. The summed E-state index contributed by atoms with van der Waals surface area (Å²) in [4.78, 5) is 4.01. The molecule has 0 aromatic heterocycles. The third kappa shape index (κ3) is 1.89. The predicted octanol–water partition coefficient (Wildman–Crippen LogP) is 2.36. The van der Waals surface area contributed by atoms with E-state index < -0.39 is 11.6 Å². The predicted molar refractivity (Wildman–Crippen MR) is 50.4 cm³/mol. The summed E-state index contributed by atoms with van der Waals surface area (Å²) in [5.74, 6) is -0.914. The highest BCUT2D eigenvalue weighted by molar-refractivity contribution is 5.87. The summed E-state index contributed by atoms with van der Waals surface area (Å²) in [6.45, 7) is 0. The molecular weight excluding hydrogens is 186 g/mol. The standard InChI is InChI=1S/C10H10F2N2/c11-8-4-3-7(5-9(8)12)14-10(13)6-1-2-6/h3-6H,1-2H2,(H2,13,14). The fourth-order valence-electron chi connectivity index (χ4n) is 1.17. The molecule has 2 nitrogen and oxygen atoms in total. The second kappa shape index (κ2) is 3.36. The average molecular weight is 196 g/mol. The quantitative estimate of drug-likeness (QED) is 0.572. The van der Waals surface area contributed by atoms with Gasteiger partial charge in [-0.1, -0.05) is 0 Å². The Morgan fingerprint density at radius 1 is 1.29 bits per heavy atom. The van der Waals surface area contributed by atoms with Crippen LogP contribution in [0.15, 0.2) is 23.2 Å². The highest BCUT2D eigenvalue weighted by Gasteiger charge is 2.25. The molecule has 1 aromatic rings. The summed E-state index contributed by atoms with van der Waals surface area (Å²) in [6.07, 6.45) is 2.08. The Hall–Kier alpha value is -1.45. The highest BCUT2D eigenvalue weighted by Crippen LogP contribution is 2.30. The Morgan fingerprint density at radius 3 is 2.57 bits per heavy atom. The Labute approximate surface area is 80.5 Å². The van der Waals surface area contributed by atoms with E-state index in [0.717, 1.165) is 25.0 Å². The molecule has 0 atom stereocenters. The van der Waals surface area contributed by atoms with Crippen LogP contribution in [-0.4, -0.2) is 5.84 Å². The lowest BCUT2D eigenvalue weighted by atomic mass is 10.3. The first-order valence-electron chi connectivity index (χ1n) is 4.46. The molecule has 0 spiro atoms. The molecule has 0 heterocycles. The molecule has 1 aliphatic rings. The van der Waals surface area contributed by atoms with Crippen LogP contribution in [-0.2, 0) is 0 Å². The summed E-state index contributed by atoms with van der Waals surface area (Å²) < 4.78 is 25.3. The second-order valence-electron chi connectivity index (χ2n) is 3.41. The van der Waals surface area contributed by atoms with Gasteiger partial charge in [-0.05, 0) is 25.0 Å². The first kappa shape index (κ1) is 9.12. The normalized spacial score (nSPS) is 17.1. The maximum Gasteiger partial charge on any atom is 0.160 e. The van der Waals surface area contributed by atoms with Gasteiger partial charge in [0.2, 0.25) is 0 Å². The number of hydrogen-bond donors (Lipinski definition) is 1. The topological polar surface area (TPSA) is 38.4 Å². The van der Waals surface area contributed by atoms with Gasteiger partial charge in [-0.25, -0.2) is 13.8 Å². The number of amidine groups is 1. The molecular formula is C10H10F2N2. The van der Waals surface area contributed by atoms with Crippen molar-refractivity contribution in [3.05, 3.63) is 29.8 Å². The summed E-state index contributed by atoms with van der Waals surface area (Å²) in [5, 5.41) is 0. The minimum Gasteiger partial charge on any atom is -0.387 e. The zero-order chi connectivity index (χ0) is 10.1. The average Bonchev–Trinajstić information content (AvgIpc) is 2.94. The van der Waals surface area contributed by atoms with Crippen LogP contribution in [0.1, 0.15) is 12.8 Å². The summed E-state index contributed by atoms with van der Waals surface area (Å²) >= 11 is 0. The van der Waals surface area contributed by atoms with E-state index >= 15 is 0 Å². The van der Waals surface area contributed by atoms with Gasteiger partial charge in [0.25, 0.3) is 0 Å². The number of halogens is 2. The molecule has 14 heavy (non-hydrogen) atoms. The Balaban J connectivity index is 2.24. The molecule has 1 aromatic carbocycles. The smallest absolute Gasteiger partial charge is 0.160 e. The van der Waals surface area contributed by atoms with Crippen molar-refractivity contribution >= 4 is 11.5 Å². The van der Waals surface area contributed by atoms with Gasteiger partial charge in [0.15, 0.2) is 11.6 Å². The number of benzene rings is 1. The SMILES string of the molecule is NC(=Nc1ccc(F)c(F)c1)C1CC1. The van der Waals surface area contributed by atoms with E-state index in [4.69, 9.17) is 5.73 Å². The summed E-state index contributed by atoms with van der Waals surface area (Å²) in [5.41, 5.74) is 6.00.